The number of carbonyl (C=O) groups excluding carboxylic acids is 1. The van der Waals surface area contributed by atoms with Gasteiger partial charge in [-0.3, -0.25) is 9.88 Å². The maximum absolute atomic E-state index is 12.5. The first-order chi connectivity index (χ1) is 11.9. The number of carbonyl (C=O) groups is 1. The SMILES string of the molecule is CC(C)(C)CN(CCO)C(=O)NC1CCN(Cc2ccccn2)CC1. The van der Waals surface area contributed by atoms with E-state index in [1.165, 1.54) is 0 Å². The zero-order valence-corrected chi connectivity index (χ0v) is 15.7. The van der Waals surface area contributed by atoms with E-state index in [-0.39, 0.29) is 24.1 Å². The van der Waals surface area contributed by atoms with E-state index in [4.69, 9.17) is 0 Å². The summed E-state index contributed by atoms with van der Waals surface area (Å²) in [5.41, 5.74) is 1.10. The molecular formula is C19H32N4O2. The fourth-order valence-electron chi connectivity index (χ4n) is 3.17. The van der Waals surface area contributed by atoms with E-state index in [9.17, 15) is 9.90 Å². The number of aliphatic hydroxyl groups excluding tert-OH is 1. The molecule has 6 heteroatoms. The van der Waals surface area contributed by atoms with Crippen LogP contribution in [0.25, 0.3) is 0 Å². The van der Waals surface area contributed by atoms with Gasteiger partial charge in [-0.15, -0.1) is 0 Å². The Balaban J connectivity index is 1.78. The van der Waals surface area contributed by atoms with Crippen molar-refractivity contribution in [2.24, 2.45) is 5.41 Å². The summed E-state index contributed by atoms with van der Waals surface area (Å²) in [6, 6.07) is 6.13. The molecule has 0 spiro atoms. The van der Waals surface area contributed by atoms with Crippen molar-refractivity contribution in [1.82, 2.24) is 20.1 Å². The highest BCUT2D eigenvalue weighted by Gasteiger charge is 2.25. The normalized spacial score (nSPS) is 16.6. The summed E-state index contributed by atoms with van der Waals surface area (Å²) in [6.45, 7) is 10.1. The number of aromatic nitrogens is 1. The molecule has 1 saturated heterocycles. The van der Waals surface area contributed by atoms with Crippen molar-refractivity contribution in [3.8, 4) is 0 Å². The number of pyridine rings is 1. The van der Waals surface area contributed by atoms with Crippen LogP contribution in [0.5, 0.6) is 0 Å². The molecule has 0 aromatic carbocycles. The number of nitrogens with one attached hydrogen (secondary N) is 1. The highest BCUT2D eigenvalue weighted by Crippen LogP contribution is 2.17. The van der Waals surface area contributed by atoms with Crippen molar-refractivity contribution >= 4 is 6.03 Å². The quantitative estimate of drug-likeness (QED) is 0.826. The molecular weight excluding hydrogens is 316 g/mol. The number of amides is 2. The molecule has 2 amide bonds. The largest absolute Gasteiger partial charge is 0.395 e. The first-order valence-corrected chi connectivity index (χ1v) is 9.16. The van der Waals surface area contributed by atoms with Crippen molar-refractivity contribution in [2.75, 3.05) is 32.8 Å². The molecule has 2 N–H and O–H groups in total. The second-order valence-electron chi connectivity index (χ2n) is 8.03. The van der Waals surface area contributed by atoms with Gasteiger partial charge in [-0.1, -0.05) is 26.8 Å². The van der Waals surface area contributed by atoms with E-state index in [2.05, 4.69) is 36.0 Å². The van der Waals surface area contributed by atoms with Crippen LogP contribution >= 0.6 is 0 Å². The van der Waals surface area contributed by atoms with Gasteiger partial charge in [0.1, 0.15) is 0 Å². The Morgan fingerprint density at radius 1 is 1.36 bits per heavy atom. The van der Waals surface area contributed by atoms with Crippen LogP contribution in [0.15, 0.2) is 24.4 Å². The van der Waals surface area contributed by atoms with Crippen LogP contribution in [0, 0.1) is 5.41 Å². The Labute approximate surface area is 151 Å². The highest BCUT2D eigenvalue weighted by molar-refractivity contribution is 5.74. The van der Waals surface area contributed by atoms with Crippen LogP contribution in [-0.2, 0) is 6.54 Å². The van der Waals surface area contributed by atoms with E-state index in [1.54, 1.807) is 4.90 Å². The monoisotopic (exact) mass is 348 g/mol. The third-order valence-electron chi connectivity index (χ3n) is 4.35. The Bertz CT molecular complexity index is 522. The lowest BCUT2D eigenvalue weighted by atomic mass is 9.96. The van der Waals surface area contributed by atoms with Gasteiger partial charge in [-0.05, 0) is 30.4 Å². The minimum absolute atomic E-state index is 0.00792. The van der Waals surface area contributed by atoms with Crippen LogP contribution < -0.4 is 5.32 Å². The Hall–Kier alpha value is -1.66. The zero-order chi connectivity index (χ0) is 18.3. The first-order valence-electron chi connectivity index (χ1n) is 9.16. The number of urea groups is 1. The van der Waals surface area contributed by atoms with Crippen LogP contribution in [0.4, 0.5) is 4.79 Å². The molecule has 2 heterocycles. The van der Waals surface area contributed by atoms with Gasteiger partial charge in [0.2, 0.25) is 0 Å². The summed E-state index contributed by atoms with van der Waals surface area (Å²) in [5, 5.41) is 12.4. The van der Waals surface area contributed by atoms with Gasteiger partial charge in [0.05, 0.1) is 12.3 Å². The highest BCUT2D eigenvalue weighted by atomic mass is 16.3. The second kappa shape index (κ2) is 9.15. The van der Waals surface area contributed by atoms with Crippen LogP contribution in [0.3, 0.4) is 0 Å². The number of likely N-dealkylation sites (tertiary alicyclic amines) is 1. The molecule has 1 aliphatic rings. The molecule has 0 saturated carbocycles. The minimum atomic E-state index is -0.0628. The molecule has 0 aliphatic carbocycles. The number of hydrogen-bond acceptors (Lipinski definition) is 4. The van der Waals surface area contributed by atoms with Crippen molar-refractivity contribution in [3.05, 3.63) is 30.1 Å². The van der Waals surface area contributed by atoms with Crippen LogP contribution in [0.2, 0.25) is 0 Å². The molecule has 1 aromatic heterocycles. The fraction of sp³-hybridized carbons (Fsp3) is 0.684. The number of rotatable bonds is 6. The number of piperidine rings is 1. The van der Waals surface area contributed by atoms with Gasteiger partial charge >= 0.3 is 6.03 Å². The molecule has 0 unspecified atom stereocenters. The molecule has 140 valence electrons. The van der Waals surface area contributed by atoms with E-state index < -0.39 is 0 Å². The van der Waals surface area contributed by atoms with E-state index in [1.807, 2.05) is 24.4 Å². The molecule has 2 rings (SSSR count). The summed E-state index contributed by atoms with van der Waals surface area (Å²) in [7, 11) is 0. The predicted molar refractivity (Wildman–Crippen MR) is 99.2 cm³/mol. The van der Waals surface area contributed by atoms with E-state index >= 15 is 0 Å². The van der Waals surface area contributed by atoms with Gasteiger partial charge in [-0.2, -0.15) is 0 Å². The number of nitrogens with zero attached hydrogens (tertiary/aromatic N) is 3. The molecule has 0 radical (unpaired) electrons. The maximum atomic E-state index is 12.5. The molecule has 1 fully saturated rings. The lowest BCUT2D eigenvalue weighted by Crippen LogP contribution is -2.51. The van der Waals surface area contributed by atoms with Crippen molar-refractivity contribution < 1.29 is 9.90 Å². The van der Waals surface area contributed by atoms with Gasteiger partial charge in [0, 0.05) is 45.0 Å². The topological polar surface area (TPSA) is 68.7 Å². The zero-order valence-electron chi connectivity index (χ0n) is 15.7. The fourth-order valence-corrected chi connectivity index (χ4v) is 3.17. The minimum Gasteiger partial charge on any atom is -0.395 e. The van der Waals surface area contributed by atoms with Crippen molar-refractivity contribution in [2.45, 2.75) is 46.2 Å². The molecule has 1 aromatic rings. The molecule has 0 bridgehead atoms. The standard InChI is InChI=1S/C19H32N4O2/c1-19(2,3)15-23(12-13-24)18(25)21-16-7-10-22(11-8-16)14-17-6-4-5-9-20-17/h4-6,9,16,24H,7-8,10-15H2,1-3H3,(H,21,25). The van der Waals surface area contributed by atoms with Gasteiger partial charge in [-0.25, -0.2) is 4.79 Å². The summed E-state index contributed by atoms with van der Waals surface area (Å²) in [5.74, 6) is 0. The number of hydrogen-bond donors (Lipinski definition) is 2. The lowest BCUT2D eigenvalue weighted by molar-refractivity contribution is 0.140. The van der Waals surface area contributed by atoms with E-state index in [0.717, 1.165) is 38.2 Å². The second-order valence-corrected chi connectivity index (χ2v) is 8.03. The Kier molecular flexibility index (Phi) is 7.20. The summed E-state index contributed by atoms with van der Waals surface area (Å²) >= 11 is 0. The third kappa shape index (κ3) is 7.00. The Morgan fingerprint density at radius 2 is 2.08 bits per heavy atom. The van der Waals surface area contributed by atoms with Crippen LogP contribution in [-0.4, -0.2) is 64.7 Å². The van der Waals surface area contributed by atoms with Gasteiger partial charge in [0.25, 0.3) is 0 Å². The average molecular weight is 348 g/mol. The van der Waals surface area contributed by atoms with E-state index in [0.29, 0.717) is 13.1 Å². The Morgan fingerprint density at radius 3 is 2.64 bits per heavy atom. The molecule has 6 nitrogen and oxygen atoms in total. The summed E-state index contributed by atoms with van der Waals surface area (Å²) in [4.78, 5) is 21.0. The van der Waals surface area contributed by atoms with Gasteiger partial charge < -0.3 is 15.3 Å². The molecule has 25 heavy (non-hydrogen) atoms. The summed E-state index contributed by atoms with van der Waals surface area (Å²) < 4.78 is 0. The smallest absolute Gasteiger partial charge is 0.317 e. The maximum Gasteiger partial charge on any atom is 0.317 e. The first kappa shape index (κ1) is 19.7. The van der Waals surface area contributed by atoms with Gasteiger partial charge in [0.15, 0.2) is 0 Å². The molecule has 0 atom stereocenters. The third-order valence-corrected chi connectivity index (χ3v) is 4.35. The average Bonchev–Trinajstić information content (AvgIpc) is 2.56. The summed E-state index contributed by atoms with van der Waals surface area (Å²) in [6.07, 6.45) is 3.72. The number of aliphatic hydroxyl groups is 1. The van der Waals surface area contributed by atoms with Crippen molar-refractivity contribution in [1.29, 1.82) is 0 Å². The van der Waals surface area contributed by atoms with Crippen LogP contribution in [0.1, 0.15) is 39.3 Å². The van der Waals surface area contributed by atoms with Crippen molar-refractivity contribution in [3.63, 3.8) is 0 Å². The lowest BCUT2D eigenvalue weighted by Gasteiger charge is -2.35. The molecule has 1 aliphatic heterocycles. The predicted octanol–water partition coefficient (Wildman–Crippen LogP) is 2.10.